The van der Waals surface area contributed by atoms with Gasteiger partial charge in [0.25, 0.3) is 11.8 Å². The molecule has 0 bridgehead atoms. The molecule has 238 valence electrons. The Bertz CT molecular complexity index is 1880. The highest BCUT2D eigenvalue weighted by atomic mass is 35.5. The number of ether oxygens (including phenoxy) is 1. The van der Waals surface area contributed by atoms with Crippen molar-refractivity contribution in [1.82, 2.24) is 10.3 Å². The summed E-state index contributed by atoms with van der Waals surface area (Å²) >= 11 is 8.73. The zero-order chi connectivity index (χ0) is 33.2. The van der Waals surface area contributed by atoms with Crippen molar-refractivity contribution in [1.29, 1.82) is 0 Å². The zero-order valence-electron chi connectivity index (χ0n) is 25.5. The summed E-state index contributed by atoms with van der Waals surface area (Å²) in [6, 6.07) is 30.4. The average Bonchev–Trinajstić information content (AvgIpc) is 3.54. The molecule has 1 atom stereocenters. The molecule has 1 unspecified atom stereocenters. The third-order valence-electron chi connectivity index (χ3n) is 6.68. The largest absolute Gasteiger partial charge is 0.494 e. The first-order valence-corrected chi connectivity index (χ1v) is 16.8. The van der Waals surface area contributed by atoms with Crippen LogP contribution in [0.15, 0.2) is 119 Å². The molecule has 1 aromatic heterocycles. The number of nitrogens with zero attached hydrogens (tertiary/aromatic N) is 1. The van der Waals surface area contributed by atoms with Crippen molar-refractivity contribution in [3.63, 3.8) is 0 Å². The van der Waals surface area contributed by atoms with Gasteiger partial charge in [0.05, 0.1) is 17.6 Å². The summed E-state index contributed by atoms with van der Waals surface area (Å²) in [5.41, 5.74) is 3.35. The highest BCUT2D eigenvalue weighted by molar-refractivity contribution is 8.00. The van der Waals surface area contributed by atoms with Crippen molar-refractivity contribution >= 4 is 69.3 Å². The number of hydrogen-bond donors (Lipinski definition) is 3. The maximum absolute atomic E-state index is 13.4. The summed E-state index contributed by atoms with van der Waals surface area (Å²) in [6.07, 6.45) is 1.58. The molecule has 1 heterocycles. The van der Waals surface area contributed by atoms with Crippen LogP contribution in [0.4, 0.5) is 10.8 Å². The van der Waals surface area contributed by atoms with E-state index in [0.29, 0.717) is 33.6 Å². The van der Waals surface area contributed by atoms with Crippen molar-refractivity contribution in [3.05, 3.63) is 130 Å². The number of carbonyl (C=O) groups is 3. The minimum atomic E-state index is -0.510. The van der Waals surface area contributed by atoms with Crippen LogP contribution in [0.2, 0.25) is 5.02 Å². The number of halogens is 1. The third-order valence-corrected chi connectivity index (χ3v) is 8.78. The van der Waals surface area contributed by atoms with Crippen LogP contribution in [0.5, 0.6) is 5.75 Å². The summed E-state index contributed by atoms with van der Waals surface area (Å²) in [5, 5.41) is 11.0. The van der Waals surface area contributed by atoms with Gasteiger partial charge in [-0.25, -0.2) is 4.98 Å². The van der Waals surface area contributed by atoms with Gasteiger partial charge in [0.1, 0.15) is 11.4 Å². The van der Waals surface area contributed by atoms with Crippen LogP contribution in [0.3, 0.4) is 0 Å². The SMILES string of the molecule is CCOc1ccc(-c2csc(NC(=O)C(C)Sc3cccc(NC(=O)/C(=C/c4ccc(Cl)cc4)NC(=O)c4ccccc4)c3)n2)cc1. The number of carbonyl (C=O) groups excluding carboxylic acids is 3. The predicted octanol–water partition coefficient (Wildman–Crippen LogP) is 8.39. The Morgan fingerprint density at radius 3 is 2.40 bits per heavy atom. The molecule has 3 N–H and O–H groups in total. The Morgan fingerprint density at radius 2 is 1.68 bits per heavy atom. The van der Waals surface area contributed by atoms with Crippen molar-refractivity contribution in [2.75, 3.05) is 17.2 Å². The summed E-state index contributed by atoms with van der Waals surface area (Å²) < 4.78 is 5.50. The van der Waals surface area contributed by atoms with Gasteiger partial charge in [0.2, 0.25) is 5.91 Å². The van der Waals surface area contributed by atoms with Gasteiger partial charge in [-0.1, -0.05) is 48.0 Å². The lowest BCUT2D eigenvalue weighted by Crippen LogP contribution is -2.30. The van der Waals surface area contributed by atoms with E-state index in [2.05, 4.69) is 20.9 Å². The highest BCUT2D eigenvalue weighted by Crippen LogP contribution is 2.29. The molecule has 5 aromatic rings. The first kappa shape index (κ1) is 33.5. The zero-order valence-corrected chi connectivity index (χ0v) is 27.9. The minimum absolute atomic E-state index is 0.0556. The number of aromatic nitrogens is 1. The number of amides is 3. The fourth-order valence-corrected chi connectivity index (χ4v) is 6.11. The quantitative estimate of drug-likeness (QED) is 0.0901. The molecule has 4 aromatic carbocycles. The van der Waals surface area contributed by atoms with E-state index in [-0.39, 0.29) is 11.6 Å². The number of thioether (sulfide) groups is 1. The second-order valence-electron chi connectivity index (χ2n) is 10.2. The van der Waals surface area contributed by atoms with Crippen molar-refractivity contribution in [3.8, 4) is 17.0 Å². The van der Waals surface area contributed by atoms with Crippen LogP contribution in [-0.2, 0) is 9.59 Å². The lowest BCUT2D eigenvalue weighted by atomic mass is 10.1. The molecule has 0 aliphatic rings. The van der Waals surface area contributed by atoms with E-state index in [1.165, 1.54) is 23.1 Å². The van der Waals surface area contributed by atoms with E-state index < -0.39 is 17.1 Å². The summed E-state index contributed by atoms with van der Waals surface area (Å²) in [6.45, 7) is 4.34. The van der Waals surface area contributed by atoms with Gasteiger partial charge in [0.15, 0.2) is 5.13 Å². The smallest absolute Gasteiger partial charge is 0.272 e. The van der Waals surface area contributed by atoms with Gasteiger partial charge in [-0.2, -0.15) is 0 Å². The second-order valence-corrected chi connectivity index (χ2v) is 12.9. The van der Waals surface area contributed by atoms with Crippen molar-refractivity contribution in [2.45, 2.75) is 24.0 Å². The summed E-state index contributed by atoms with van der Waals surface area (Å²) in [4.78, 5) is 44.8. The Morgan fingerprint density at radius 1 is 0.936 bits per heavy atom. The van der Waals surface area contributed by atoms with E-state index in [9.17, 15) is 14.4 Å². The first-order valence-electron chi connectivity index (χ1n) is 14.7. The monoisotopic (exact) mass is 682 g/mol. The molecule has 47 heavy (non-hydrogen) atoms. The van der Waals surface area contributed by atoms with Crippen molar-refractivity contribution < 1.29 is 19.1 Å². The average molecular weight is 683 g/mol. The Hall–Kier alpha value is -4.90. The number of benzene rings is 4. The third kappa shape index (κ3) is 9.55. The maximum atomic E-state index is 13.4. The van der Waals surface area contributed by atoms with E-state index >= 15 is 0 Å². The normalized spacial score (nSPS) is 11.8. The molecule has 0 saturated carbocycles. The van der Waals surface area contributed by atoms with Crippen LogP contribution < -0.4 is 20.7 Å². The highest BCUT2D eigenvalue weighted by Gasteiger charge is 2.18. The number of nitrogens with one attached hydrogen (secondary N) is 3. The lowest BCUT2D eigenvalue weighted by Gasteiger charge is -2.13. The lowest BCUT2D eigenvalue weighted by molar-refractivity contribution is -0.115. The number of anilines is 2. The molecule has 0 radical (unpaired) electrons. The summed E-state index contributed by atoms with van der Waals surface area (Å²) in [5.74, 6) is -0.339. The molecular weight excluding hydrogens is 652 g/mol. The predicted molar refractivity (Wildman–Crippen MR) is 191 cm³/mol. The molecule has 0 fully saturated rings. The van der Waals surface area contributed by atoms with Crippen LogP contribution >= 0.6 is 34.7 Å². The Labute approximate surface area is 286 Å². The first-order chi connectivity index (χ1) is 22.8. The topological polar surface area (TPSA) is 109 Å². The van der Waals surface area contributed by atoms with Crippen LogP contribution in [0.1, 0.15) is 29.8 Å². The van der Waals surface area contributed by atoms with E-state index in [4.69, 9.17) is 16.3 Å². The van der Waals surface area contributed by atoms with Crippen LogP contribution in [0, 0.1) is 0 Å². The Kier molecular flexibility index (Phi) is 11.5. The van der Waals surface area contributed by atoms with Crippen LogP contribution in [-0.4, -0.2) is 34.6 Å². The van der Waals surface area contributed by atoms with E-state index in [0.717, 1.165) is 21.9 Å². The van der Waals surface area contributed by atoms with Gasteiger partial charge in [-0.05, 0) is 92.2 Å². The number of hydrogen-bond acceptors (Lipinski definition) is 7. The van der Waals surface area contributed by atoms with E-state index in [1.54, 1.807) is 79.7 Å². The van der Waals surface area contributed by atoms with Gasteiger partial charge >= 0.3 is 0 Å². The molecule has 3 amide bonds. The minimum Gasteiger partial charge on any atom is -0.494 e. The fourth-order valence-electron chi connectivity index (χ4n) is 4.33. The molecule has 11 heteroatoms. The van der Waals surface area contributed by atoms with Gasteiger partial charge in [-0.3, -0.25) is 14.4 Å². The molecule has 0 aliphatic heterocycles. The Balaban J connectivity index is 1.23. The number of rotatable bonds is 12. The van der Waals surface area contributed by atoms with Crippen LogP contribution in [0.25, 0.3) is 17.3 Å². The van der Waals surface area contributed by atoms with Gasteiger partial charge in [0, 0.05) is 32.1 Å². The van der Waals surface area contributed by atoms with Gasteiger partial charge < -0.3 is 20.7 Å². The van der Waals surface area contributed by atoms with Gasteiger partial charge in [-0.15, -0.1) is 23.1 Å². The number of thiazole rings is 1. The van der Waals surface area contributed by atoms with E-state index in [1.807, 2.05) is 48.7 Å². The van der Waals surface area contributed by atoms with Crippen molar-refractivity contribution in [2.24, 2.45) is 0 Å². The molecule has 0 aliphatic carbocycles. The molecule has 0 saturated heterocycles. The second kappa shape index (κ2) is 16.1. The molecule has 8 nitrogen and oxygen atoms in total. The maximum Gasteiger partial charge on any atom is 0.272 e. The molecule has 0 spiro atoms. The molecule has 5 rings (SSSR count). The summed E-state index contributed by atoms with van der Waals surface area (Å²) in [7, 11) is 0. The standard InChI is InChI=1S/C36H31ClN4O4S2/c1-3-45-29-18-14-25(15-19-29)32-22-46-36(40-32)41-33(42)23(2)47-30-11-7-10-28(21-30)38-35(44)31(20-24-12-16-27(37)17-13-24)39-34(43)26-8-5-4-6-9-26/h4-23H,3H2,1-2H3,(H,38,44)(H,39,43)(H,40,41,42)/b31-20-. The molecular formula is C36H31ClN4O4S2. The fraction of sp³-hybridized carbons (Fsp3) is 0.111.